The van der Waals surface area contributed by atoms with Gasteiger partial charge in [0.1, 0.15) is 0 Å². The Labute approximate surface area is 69.7 Å². The number of rotatable bonds is 4. The third-order valence-corrected chi connectivity index (χ3v) is 1.40. The summed E-state index contributed by atoms with van der Waals surface area (Å²) in [5.74, 6) is 0.238. The molecule has 3 heteroatoms. The van der Waals surface area contributed by atoms with Crippen molar-refractivity contribution in [3.05, 3.63) is 12.3 Å². The summed E-state index contributed by atoms with van der Waals surface area (Å²) in [7, 11) is 1.96. The van der Waals surface area contributed by atoms with Crippen molar-refractivity contribution in [2.24, 2.45) is 0 Å². The van der Waals surface area contributed by atoms with Crippen molar-refractivity contribution >= 4 is 22.6 Å². The molecular formula is C6H12INO. The smallest absolute Gasteiger partial charge is 0.0991 e. The van der Waals surface area contributed by atoms with Gasteiger partial charge in [-0.25, -0.2) is 0 Å². The molecule has 0 unspecified atom stereocenters. The second-order valence-electron chi connectivity index (χ2n) is 1.99. The van der Waals surface area contributed by atoms with Gasteiger partial charge in [0.15, 0.2) is 0 Å². The number of likely N-dealkylation sites (N-methyl/N-ethyl adjacent to an activating group) is 1. The number of halogens is 1. The number of nitrogens with zero attached hydrogens (tertiary/aromatic N) is 1. The van der Waals surface area contributed by atoms with E-state index in [2.05, 4.69) is 29.2 Å². The van der Waals surface area contributed by atoms with Crippen molar-refractivity contribution in [2.75, 3.05) is 24.6 Å². The van der Waals surface area contributed by atoms with Gasteiger partial charge < -0.3 is 5.11 Å². The monoisotopic (exact) mass is 241 g/mol. The molecule has 54 valence electrons. The number of hydrogen-bond donors (Lipinski definition) is 1. The molecule has 0 aromatic heterocycles. The molecule has 0 saturated carbocycles. The lowest BCUT2D eigenvalue weighted by Gasteiger charge is -2.12. The average Bonchev–Trinajstić information content (AvgIpc) is 1.63. The molecule has 0 fully saturated rings. The van der Waals surface area contributed by atoms with E-state index < -0.39 is 0 Å². The van der Waals surface area contributed by atoms with Gasteiger partial charge in [-0.15, -0.1) is 0 Å². The van der Waals surface area contributed by atoms with Crippen molar-refractivity contribution in [1.82, 2.24) is 4.90 Å². The first-order valence-corrected chi connectivity index (χ1v) is 4.30. The SMILES string of the molecule is C=C(O)CN(C)CCI. The lowest BCUT2D eigenvalue weighted by molar-refractivity contribution is 0.303. The van der Waals surface area contributed by atoms with E-state index in [0.717, 1.165) is 11.0 Å². The Kier molecular flexibility index (Phi) is 5.18. The molecule has 0 rings (SSSR count). The van der Waals surface area contributed by atoms with Gasteiger partial charge in [-0.05, 0) is 7.05 Å². The summed E-state index contributed by atoms with van der Waals surface area (Å²) in [6.45, 7) is 4.98. The Morgan fingerprint density at radius 1 is 1.78 bits per heavy atom. The highest BCUT2D eigenvalue weighted by molar-refractivity contribution is 14.1. The van der Waals surface area contributed by atoms with Crippen LogP contribution in [0.5, 0.6) is 0 Å². The van der Waals surface area contributed by atoms with Gasteiger partial charge in [-0.2, -0.15) is 0 Å². The standard InChI is InChI=1S/C6H12INO/c1-6(9)5-8(2)4-3-7/h9H,1,3-5H2,2H3. The largest absolute Gasteiger partial charge is 0.512 e. The highest BCUT2D eigenvalue weighted by Crippen LogP contribution is 1.90. The molecule has 2 nitrogen and oxygen atoms in total. The van der Waals surface area contributed by atoms with Crippen molar-refractivity contribution in [3.8, 4) is 0 Å². The predicted octanol–water partition coefficient (Wildman–Crippen LogP) is 1.42. The van der Waals surface area contributed by atoms with E-state index in [9.17, 15) is 0 Å². The van der Waals surface area contributed by atoms with Crippen molar-refractivity contribution in [3.63, 3.8) is 0 Å². The minimum absolute atomic E-state index is 0.238. The van der Waals surface area contributed by atoms with E-state index in [4.69, 9.17) is 5.11 Å². The van der Waals surface area contributed by atoms with Gasteiger partial charge in [0.2, 0.25) is 0 Å². The first-order valence-electron chi connectivity index (χ1n) is 2.78. The molecule has 1 N–H and O–H groups in total. The summed E-state index contributed by atoms with van der Waals surface area (Å²) in [5, 5.41) is 8.71. The fourth-order valence-corrected chi connectivity index (χ4v) is 1.36. The summed E-state index contributed by atoms with van der Waals surface area (Å²) in [6.07, 6.45) is 0. The second kappa shape index (κ2) is 5.05. The van der Waals surface area contributed by atoms with Crippen molar-refractivity contribution in [1.29, 1.82) is 0 Å². The highest BCUT2D eigenvalue weighted by Gasteiger charge is 1.96. The van der Waals surface area contributed by atoms with E-state index in [-0.39, 0.29) is 5.76 Å². The van der Waals surface area contributed by atoms with Gasteiger partial charge in [-0.1, -0.05) is 29.2 Å². The minimum atomic E-state index is 0.238. The normalized spacial score (nSPS) is 10.1. The average molecular weight is 241 g/mol. The van der Waals surface area contributed by atoms with Crippen LogP contribution in [0.1, 0.15) is 0 Å². The van der Waals surface area contributed by atoms with Crippen LogP contribution in [0.3, 0.4) is 0 Å². The topological polar surface area (TPSA) is 23.5 Å². The molecule has 0 bridgehead atoms. The van der Waals surface area contributed by atoms with Gasteiger partial charge in [-0.3, -0.25) is 4.90 Å². The lowest BCUT2D eigenvalue weighted by atomic mass is 10.5. The molecule has 0 spiro atoms. The zero-order valence-corrected chi connectivity index (χ0v) is 7.76. The zero-order chi connectivity index (χ0) is 7.28. The van der Waals surface area contributed by atoms with Crippen LogP contribution in [0.15, 0.2) is 12.3 Å². The molecule has 0 aliphatic carbocycles. The molecule has 0 aliphatic heterocycles. The molecule has 0 aromatic carbocycles. The number of aliphatic hydroxyl groups is 1. The zero-order valence-electron chi connectivity index (χ0n) is 5.60. The summed E-state index contributed by atoms with van der Waals surface area (Å²) in [4.78, 5) is 2.02. The Bertz CT molecular complexity index is 95.1. The fraction of sp³-hybridized carbons (Fsp3) is 0.667. The summed E-state index contributed by atoms with van der Waals surface area (Å²) in [6, 6.07) is 0. The van der Waals surface area contributed by atoms with Crippen LogP contribution < -0.4 is 0 Å². The molecule has 0 aromatic rings. The first-order chi connectivity index (χ1) is 4.16. The molecule has 0 heterocycles. The van der Waals surface area contributed by atoms with Crippen LogP contribution in [-0.4, -0.2) is 34.6 Å². The summed E-state index contributed by atoms with van der Waals surface area (Å²) in [5.41, 5.74) is 0. The Morgan fingerprint density at radius 2 is 2.33 bits per heavy atom. The molecular weight excluding hydrogens is 229 g/mol. The minimum Gasteiger partial charge on any atom is -0.512 e. The van der Waals surface area contributed by atoms with Crippen LogP contribution in [0.4, 0.5) is 0 Å². The third kappa shape index (κ3) is 6.11. The van der Waals surface area contributed by atoms with Gasteiger partial charge in [0.25, 0.3) is 0 Å². The quantitative estimate of drug-likeness (QED) is 0.457. The first kappa shape index (κ1) is 9.23. The van der Waals surface area contributed by atoms with Crippen molar-refractivity contribution in [2.45, 2.75) is 0 Å². The van der Waals surface area contributed by atoms with Crippen LogP contribution in [0, 0.1) is 0 Å². The van der Waals surface area contributed by atoms with Crippen LogP contribution in [-0.2, 0) is 0 Å². The maximum absolute atomic E-state index is 8.71. The Hall–Kier alpha value is 0.230. The van der Waals surface area contributed by atoms with Gasteiger partial charge >= 0.3 is 0 Å². The maximum atomic E-state index is 8.71. The van der Waals surface area contributed by atoms with E-state index in [1.54, 1.807) is 0 Å². The highest BCUT2D eigenvalue weighted by atomic mass is 127. The Balaban J connectivity index is 3.26. The molecule has 0 radical (unpaired) electrons. The molecule has 0 amide bonds. The Morgan fingerprint density at radius 3 is 2.67 bits per heavy atom. The van der Waals surface area contributed by atoms with Gasteiger partial charge in [0.05, 0.1) is 12.3 Å². The van der Waals surface area contributed by atoms with Gasteiger partial charge in [0, 0.05) is 11.0 Å². The van der Waals surface area contributed by atoms with E-state index in [1.165, 1.54) is 0 Å². The molecule has 0 aliphatic rings. The summed E-state index contributed by atoms with van der Waals surface area (Å²) >= 11 is 2.30. The maximum Gasteiger partial charge on any atom is 0.0991 e. The lowest BCUT2D eigenvalue weighted by Crippen LogP contribution is -2.22. The molecule has 0 saturated heterocycles. The number of alkyl halides is 1. The van der Waals surface area contributed by atoms with Crippen molar-refractivity contribution < 1.29 is 5.11 Å². The number of hydrogen-bond acceptors (Lipinski definition) is 2. The van der Waals surface area contributed by atoms with E-state index in [1.807, 2.05) is 11.9 Å². The van der Waals surface area contributed by atoms with Crippen LogP contribution in [0.2, 0.25) is 0 Å². The fourth-order valence-electron chi connectivity index (χ4n) is 0.535. The number of aliphatic hydroxyl groups excluding tert-OH is 1. The van der Waals surface area contributed by atoms with E-state index in [0.29, 0.717) is 6.54 Å². The predicted molar refractivity (Wildman–Crippen MR) is 48.2 cm³/mol. The summed E-state index contributed by atoms with van der Waals surface area (Å²) < 4.78 is 1.08. The molecule has 0 atom stereocenters. The van der Waals surface area contributed by atoms with E-state index >= 15 is 0 Å². The third-order valence-electron chi connectivity index (χ3n) is 0.919. The van der Waals surface area contributed by atoms with Crippen LogP contribution in [0.25, 0.3) is 0 Å². The van der Waals surface area contributed by atoms with Crippen LogP contribution >= 0.6 is 22.6 Å². The second-order valence-corrected chi connectivity index (χ2v) is 3.07. The molecule has 9 heavy (non-hydrogen) atoms.